The maximum Gasteiger partial charge on any atom is 0.227 e. The molecule has 2 aromatic carbocycles. The molecular weight excluding hydrogens is 343 g/mol. The van der Waals surface area contributed by atoms with Crippen molar-refractivity contribution in [2.24, 2.45) is 0 Å². The Hall–Kier alpha value is -2.82. The van der Waals surface area contributed by atoms with E-state index in [2.05, 4.69) is 6.07 Å². The molecule has 1 aromatic heterocycles. The van der Waals surface area contributed by atoms with E-state index in [9.17, 15) is 9.18 Å². The van der Waals surface area contributed by atoms with E-state index in [4.69, 9.17) is 4.42 Å². The van der Waals surface area contributed by atoms with Crippen LogP contribution in [0, 0.1) is 19.7 Å². The van der Waals surface area contributed by atoms with Gasteiger partial charge in [-0.2, -0.15) is 0 Å². The average Bonchev–Trinajstić information content (AvgIpc) is 3.05. The van der Waals surface area contributed by atoms with Gasteiger partial charge in [-0.1, -0.05) is 18.2 Å². The minimum absolute atomic E-state index is 0.0888. The van der Waals surface area contributed by atoms with Crippen LogP contribution in [0.4, 0.5) is 10.1 Å². The highest BCUT2D eigenvalue weighted by molar-refractivity contribution is 5.90. The number of rotatable bonds is 3. The normalized spacial score (nSPS) is 14.8. The second kappa shape index (κ2) is 7.06. The van der Waals surface area contributed by atoms with Crippen LogP contribution in [0.2, 0.25) is 0 Å². The van der Waals surface area contributed by atoms with Crippen molar-refractivity contribution in [1.82, 2.24) is 4.90 Å². The van der Waals surface area contributed by atoms with Crippen LogP contribution in [0.5, 0.6) is 0 Å². The highest BCUT2D eigenvalue weighted by Gasteiger charge is 2.24. The Morgan fingerprint density at radius 1 is 1.11 bits per heavy atom. The van der Waals surface area contributed by atoms with Crippen molar-refractivity contribution in [1.29, 1.82) is 0 Å². The van der Waals surface area contributed by atoms with Crippen molar-refractivity contribution < 1.29 is 13.6 Å². The highest BCUT2D eigenvalue weighted by Crippen LogP contribution is 2.27. The molecule has 2 heterocycles. The summed E-state index contributed by atoms with van der Waals surface area (Å²) in [5, 5.41) is 1.04. The van der Waals surface area contributed by atoms with Crippen LogP contribution in [-0.2, 0) is 11.2 Å². The van der Waals surface area contributed by atoms with Crippen molar-refractivity contribution in [3.05, 3.63) is 65.2 Å². The molecule has 1 fully saturated rings. The van der Waals surface area contributed by atoms with Gasteiger partial charge in [0, 0.05) is 37.1 Å². The van der Waals surface area contributed by atoms with Crippen LogP contribution in [0.1, 0.15) is 16.7 Å². The topological polar surface area (TPSA) is 36.7 Å². The molecular formula is C22H23FN2O2. The Bertz CT molecular complexity index is 987. The Morgan fingerprint density at radius 3 is 2.59 bits per heavy atom. The Morgan fingerprint density at radius 2 is 1.85 bits per heavy atom. The van der Waals surface area contributed by atoms with Crippen molar-refractivity contribution in [2.75, 3.05) is 31.1 Å². The van der Waals surface area contributed by atoms with E-state index < -0.39 is 0 Å². The van der Waals surface area contributed by atoms with Gasteiger partial charge in [0.2, 0.25) is 5.91 Å². The zero-order chi connectivity index (χ0) is 19.0. The van der Waals surface area contributed by atoms with E-state index in [-0.39, 0.29) is 11.7 Å². The molecule has 0 N–H and O–H groups in total. The van der Waals surface area contributed by atoms with Crippen LogP contribution in [-0.4, -0.2) is 37.0 Å². The molecule has 5 heteroatoms. The molecule has 0 bridgehead atoms. The number of carbonyl (C=O) groups excluding carboxylic acids is 1. The van der Waals surface area contributed by atoms with Crippen LogP contribution < -0.4 is 4.90 Å². The first-order valence-electron chi connectivity index (χ1n) is 9.27. The third kappa shape index (κ3) is 3.42. The van der Waals surface area contributed by atoms with Crippen LogP contribution in [0.15, 0.2) is 47.1 Å². The molecule has 1 aliphatic heterocycles. The summed E-state index contributed by atoms with van der Waals surface area (Å²) in [5.74, 6) is -0.126. The molecule has 0 atom stereocenters. The standard InChI is InChI=1S/C22H23FN2O2/c1-15-11-16(2)22-17(14-27-20(22)12-15)13-21(26)25-9-7-24(8-10-25)19-6-4-3-5-18(19)23/h3-6,11-12,14H,7-10,13H2,1-2H3. The molecule has 0 radical (unpaired) electrons. The third-order valence-corrected chi connectivity index (χ3v) is 5.26. The van der Waals surface area contributed by atoms with E-state index in [1.54, 1.807) is 18.4 Å². The molecule has 4 nitrogen and oxygen atoms in total. The number of hydrogen-bond donors (Lipinski definition) is 0. The summed E-state index contributed by atoms with van der Waals surface area (Å²) in [6.45, 7) is 6.55. The largest absolute Gasteiger partial charge is 0.464 e. The lowest BCUT2D eigenvalue weighted by molar-refractivity contribution is -0.130. The van der Waals surface area contributed by atoms with Gasteiger partial charge in [0.1, 0.15) is 11.4 Å². The van der Waals surface area contributed by atoms with E-state index in [0.717, 1.165) is 27.7 Å². The minimum Gasteiger partial charge on any atom is -0.464 e. The third-order valence-electron chi connectivity index (χ3n) is 5.26. The lowest BCUT2D eigenvalue weighted by atomic mass is 10.0. The van der Waals surface area contributed by atoms with Gasteiger partial charge < -0.3 is 14.2 Å². The molecule has 0 spiro atoms. The van der Waals surface area contributed by atoms with Crippen molar-refractivity contribution in [2.45, 2.75) is 20.3 Å². The number of furan rings is 1. The molecule has 1 saturated heterocycles. The van der Waals surface area contributed by atoms with Crippen molar-refractivity contribution in [3.63, 3.8) is 0 Å². The Labute approximate surface area is 158 Å². The maximum atomic E-state index is 14.0. The number of anilines is 1. The van der Waals surface area contributed by atoms with Gasteiger partial charge in [-0.05, 0) is 43.2 Å². The van der Waals surface area contributed by atoms with E-state index >= 15 is 0 Å². The summed E-state index contributed by atoms with van der Waals surface area (Å²) in [6, 6.07) is 10.9. The number of hydrogen-bond acceptors (Lipinski definition) is 3. The van der Waals surface area contributed by atoms with Gasteiger partial charge in [0.25, 0.3) is 0 Å². The number of benzene rings is 2. The first kappa shape index (κ1) is 17.6. The SMILES string of the molecule is Cc1cc(C)c2c(CC(=O)N3CCN(c4ccccc4F)CC3)coc2c1. The number of para-hydroxylation sites is 1. The fourth-order valence-electron chi connectivity index (χ4n) is 3.94. The summed E-state index contributed by atoms with van der Waals surface area (Å²) in [7, 11) is 0. The lowest BCUT2D eigenvalue weighted by Crippen LogP contribution is -2.49. The summed E-state index contributed by atoms with van der Waals surface area (Å²) >= 11 is 0. The molecule has 0 aliphatic carbocycles. The van der Waals surface area contributed by atoms with Gasteiger partial charge in [-0.3, -0.25) is 4.79 Å². The van der Waals surface area contributed by atoms with E-state index in [0.29, 0.717) is 38.3 Å². The summed E-state index contributed by atoms with van der Waals surface area (Å²) in [5.41, 5.74) is 4.66. The number of fused-ring (bicyclic) bond motifs is 1. The van der Waals surface area contributed by atoms with Gasteiger partial charge in [-0.25, -0.2) is 4.39 Å². The molecule has 0 saturated carbocycles. The zero-order valence-corrected chi connectivity index (χ0v) is 15.7. The molecule has 140 valence electrons. The van der Waals surface area contributed by atoms with Gasteiger partial charge in [0.15, 0.2) is 0 Å². The second-order valence-corrected chi connectivity index (χ2v) is 7.21. The molecule has 3 aromatic rings. The number of carbonyl (C=O) groups is 1. The predicted molar refractivity (Wildman–Crippen MR) is 105 cm³/mol. The van der Waals surface area contributed by atoms with Crippen LogP contribution in [0.25, 0.3) is 11.0 Å². The monoisotopic (exact) mass is 366 g/mol. The lowest BCUT2D eigenvalue weighted by Gasteiger charge is -2.36. The van der Waals surface area contributed by atoms with Crippen LogP contribution >= 0.6 is 0 Å². The molecule has 1 amide bonds. The van der Waals surface area contributed by atoms with Crippen LogP contribution in [0.3, 0.4) is 0 Å². The van der Waals surface area contributed by atoms with Gasteiger partial charge >= 0.3 is 0 Å². The molecule has 1 aliphatic rings. The average molecular weight is 366 g/mol. The quantitative estimate of drug-likeness (QED) is 0.701. The molecule has 27 heavy (non-hydrogen) atoms. The number of aryl methyl sites for hydroxylation is 2. The number of nitrogens with zero attached hydrogens (tertiary/aromatic N) is 2. The zero-order valence-electron chi connectivity index (χ0n) is 15.7. The first-order valence-corrected chi connectivity index (χ1v) is 9.27. The first-order chi connectivity index (χ1) is 13.0. The summed E-state index contributed by atoms with van der Waals surface area (Å²) < 4.78 is 19.6. The highest BCUT2D eigenvalue weighted by atomic mass is 19.1. The van der Waals surface area contributed by atoms with E-state index in [1.807, 2.05) is 35.8 Å². The fourth-order valence-corrected chi connectivity index (χ4v) is 3.94. The Balaban J connectivity index is 1.44. The summed E-state index contributed by atoms with van der Waals surface area (Å²) in [6.07, 6.45) is 2.03. The maximum absolute atomic E-state index is 14.0. The predicted octanol–water partition coefficient (Wildman–Crippen LogP) is 4.08. The summed E-state index contributed by atoms with van der Waals surface area (Å²) in [4.78, 5) is 16.6. The van der Waals surface area contributed by atoms with Crippen molar-refractivity contribution in [3.8, 4) is 0 Å². The molecule has 4 rings (SSSR count). The van der Waals surface area contributed by atoms with Gasteiger partial charge in [0.05, 0.1) is 18.4 Å². The number of halogens is 1. The van der Waals surface area contributed by atoms with E-state index in [1.165, 1.54) is 6.07 Å². The smallest absolute Gasteiger partial charge is 0.227 e. The fraction of sp³-hybridized carbons (Fsp3) is 0.318. The second-order valence-electron chi connectivity index (χ2n) is 7.21. The Kier molecular flexibility index (Phi) is 4.60. The number of amides is 1. The van der Waals surface area contributed by atoms with Crippen molar-refractivity contribution >= 4 is 22.6 Å². The minimum atomic E-state index is -0.215. The molecule has 0 unspecified atom stereocenters. The number of piperazine rings is 1. The van der Waals surface area contributed by atoms with Gasteiger partial charge in [-0.15, -0.1) is 0 Å².